The highest BCUT2D eigenvalue weighted by Gasteiger charge is 2.23. The number of ether oxygens (including phenoxy) is 2. The minimum atomic E-state index is -3.45. The average Bonchev–Trinajstić information content (AvgIpc) is 2.62. The third-order valence-electron chi connectivity index (χ3n) is 2.79. The van der Waals surface area contributed by atoms with Crippen LogP contribution in [0.1, 0.15) is 20.3 Å². The maximum absolute atomic E-state index is 11.0. The van der Waals surface area contributed by atoms with Gasteiger partial charge in [0.05, 0.1) is 25.1 Å². The first kappa shape index (κ1) is 14.2. The zero-order valence-electron chi connectivity index (χ0n) is 9.69. The first-order chi connectivity index (χ1) is 7.38. The summed E-state index contributed by atoms with van der Waals surface area (Å²) < 4.78 is 32.9. The van der Waals surface area contributed by atoms with Gasteiger partial charge < -0.3 is 9.47 Å². The first-order valence-electron chi connectivity index (χ1n) is 5.50. The zero-order chi connectivity index (χ0) is 12.2. The van der Waals surface area contributed by atoms with Crippen molar-refractivity contribution < 1.29 is 17.9 Å². The lowest BCUT2D eigenvalue weighted by molar-refractivity contribution is 0.0176. The van der Waals surface area contributed by atoms with E-state index in [1.54, 1.807) is 0 Å². The van der Waals surface area contributed by atoms with Crippen molar-refractivity contribution in [1.29, 1.82) is 0 Å². The molecule has 0 amide bonds. The van der Waals surface area contributed by atoms with Crippen LogP contribution in [0.15, 0.2) is 0 Å². The summed E-state index contributed by atoms with van der Waals surface area (Å²) in [5.74, 6) is 0.152. The smallest absolute Gasteiger partial charge is 0.232 e. The summed E-state index contributed by atoms with van der Waals surface area (Å²) in [5, 5.41) is 0. The van der Waals surface area contributed by atoms with E-state index in [-0.39, 0.29) is 23.7 Å². The Labute approximate surface area is 102 Å². The summed E-state index contributed by atoms with van der Waals surface area (Å²) in [4.78, 5) is 0. The van der Waals surface area contributed by atoms with Crippen LogP contribution in [0, 0.1) is 11.8 Å². The number of hydrogen-bond acceptors (Lipinski definition) is 4. The van der Waals surface area contributed by atoms with Gasteiger partial charge in [-0.1, -0.05) is 13.8 Å². The van der Waals surface area contributed by atoms with Crippen LogP contribution < -0.4 is 0 Å². The highest BCUT2D eigenvalue weighted by molar-refractivity contribution is 8.13. The van der Waals surface area contributed by atoms with Crippen molar-refractivity contribution in [2.75, 3.05) is 25.6 Å². The zero-order valence-corrected chi connectivity index (χ0v) is 11.3. The molecule has 0 aliphatic carbocycles. The Morgan fingerprint density at radius 1 is 1.50 bits per heavy atom. The van der Waals surface area contributed by atoms with Crippen molar-refractivity contribution in [3.8, 4) is 0 Å². The molecule has 0 radical (unpaired) electrons. The van der Waals surface area contributed by atoms with E-state index in [0.29, 0.717) is 13.2 Å². The molecule has 4 nitrogen and oxygen atoms in total. The van der Waals surface area contributed by atoms with Gasteiger partial charge in [0.15, 0.2) is 0 Å². The quantitative estimate of drug-likeness (QED) is 0.689. The van der Waals surface area contributed by atoms with E-state index in [0.717, 1.165) is 13.0 Å². The molecule has 0 aromatic heterocycles. The lowest BCUT2D eigenvalue weighted by Gasteiger charge is -2.21. The summed E-state index contributed by atoms with van der Waals surface area (Å²) in [6, 6.07) is 0. The molecular formula is C10H19ClO4S. The fourth-order valence-electron chi connectivity index (χ4n) is 1.59. The standard InChI is InChI=1S/C10H19ClO4S/c1-8(2)9(7-16(11,12)13)5-15-10-3-4-14-6-10/h8-10H,3-7H2,1-2H3. The molecule has 2 unspecified atom stereocenters. The Hall–Kier alpha value is 0.160. The van der Waals surface area contributed by atoms with Crippen LogP contribution in [0.5, 0.6) is 0 Å². The molecule has 96 valence electrons. The summed E-state index contributed by atoms with van der Waals surface area (Å²) >= 11 is 0. The molecule has 0 saturated carbocycles. The monoisotopic (exact) mass is 270 g/mol. The van der Waals surface area contributed by atoms with Gasteiger partial charge in [0, 0.05) is 17.3 Å². The van der Waals surface area contributed by atoms with Crippen molar-refractivity contribution in [2.45, 2.75) is 26.4 Å². The Kier molecular flexibility index (Phi) is 5.50. The van der Waals surface area contributed by atoms with Crippen molar-refractivity contribution in [3.63, 3.8) is 0 Å². The molecule has 0 bridgehead atoms. The lowest BCUT2D eigenvalue weighted by atomic mass is 9.99. The summed E-state index contributed by atoms with van der Waals surface area (Å²) in [7, 11) is 1.81. The van der Waals surface area contributed by atoms with E-state index < -0.39 is 9.05 Å². The molecule has 1 rings (SSSR count). The number of hydrogen-bond donors (Lipinski definition) is 0. The minimum absolute atomic E-state index is 0.0280. The Morgan fingerprint density at radius 3 is 2.62 bits per heavy atom. The van der Waals surface area contributed by atoms with Crippen molar-refractivity contribution in [1.82, 2.24) is 0 Å². The second-order valence-corrected chi connectivity index (χ2v) is 7.35. The van der Waals surface area contributed by atoms with Crippen LogP contribution in [0.25, 0.3) is 0 Å². The van der Waals surface area contributed by atoms with E-state index in [2.05, 4.69) is 0 Å². The van der Waals surface area contributed by atoms with E-state index in [1.807, 2.05) is 13.8 Å². The molecule has 0 N–H and O–H groups in total. The van der Waals surface area contributed by atoms with Crippen LogP contribution >= 0.6 is 10.7 Å². The molecular weight excluding hydrogens is 252 g/mol. The normalized spacial score (nSPS) is 23.9. The Balaban J connectivity index is 2.38. The fourth-order valence-corrected chi connectivity index (χ4v) is 3.07. The third kappa shape index (κ3) is 5.48. The maximum atomic E-state index is 11.0. The van der Waals surface area contributed by atoms with E-state index >= 15 is 0 Å². The molecule has 1 fully saturated rings. The first-order valence-corrected chi connectivity index (χ1v) is 7.98. The van der Waals surface area contributed by atoms with Crippen LogP contribution in [0.3, 0.4) is 0 Å². The van der Waals surface area contributed by atoms with Crippen LogP contribution in [-0.4, -0.2) is 40.1 Å². The average molecular weight is 271 g/mol. The van der Waals surface area contributed by atoms with Gasteiger partial charge in [-0.15, -0.1) is 0 Å². The summed E-state index contributed by atoms with van der Waals surface area (Å²) in [6.07, 6.45) is 0.998. The molecule has 1 saturated heterocycles. The van der Waals surface area contributed by atoms with Crippen LogP contribution in [0.2, 0.25) is 0 Å². The van der Waals surface area contributed by atoms with Crippen LogP contribution in [0.4, 0.5) is 0 Å². The van der Waals surface area contributed by atoms with Crippen molar-refractivity contribution >= 4 is 19.7 Å². The van der Waals surface area contributed by atoms with Gasteiger partial charge in [-0.2, -0.15) is 0 Å². The minimum Gasteiger partial charge on any atom is -0.379 e. The number of rotatable bonds is 6. The van der Waals surface area contributed by atoms with Gasteiger partial charge >= 0.3 is 0 Å². The molecule has 0 spiro atoms. The van der Waals surface area contributed by atoms with Gasteiger partial charge in [-0.25, -0.2) is 8.42 Å². The van der Waals surface area contributed by atoms with Crippen LogP contribution in [-0.2, 0) is 18.5 Å². The molecule has 6 heteroatoms. The van der Waals surface area contributed by atoms with E-state index in [9.17, 15) is 8.42 Å². The third-order valence-corrected chi connectivity index (χ3v) is 3.99. The van der Waals surface area contributed by atoms with Gasteiger partial charge in [0.1, 0.15) is 0 Å². The number of halogens is 1. The largest absolute Gasteiger partial charge is 0.379 e. The molecule has 1 aliphatic rings. The highest BCUT2D eigenvalue weighted by atomic mass is 35.7. The van der Waals surface area contributed by atoms with Gasteiger partial charge in [-0.3, -0.25) is 0 Å². The SMILES string of the molecule is CC(C)C(COC1CCOC1)CS(=O)(=O)Cl. The van der Waals surface area contributed by atoms with Gasteiger partial charge in [0.25, 0.3) is 0 Å². The van der Waals surface area contributed by atoms with E-state index in [1.165, 1.54) is 0 Å². The molecule has 1 aliphatic heterocycles. The Morgan fingerprint density at radius 2 is 2.19 bits per heavy atom. The fraction of sp³-hybridized carbons (Fsp3) is 1.00. The molecule has 0 aromatic rings. The summed E-state index contributed by atoms with van der Waals surface area (Å²) in [5.41, 5.74) is 0. The van der Waals surface area contributed by atoms with Crippen molar-refractivity contribution in [3.05, 3.63) is 0 Å². The maximum Gasteiger partial charge on any atom is 0.232 e. The molecule has 1 heterocycles. The summed E-state index contributed by atoms with van der Waals surface area (Å²) in [6.45, 7) is 5.71. The lowest BCUT2D eigenvalue weighted by Crippen LogP contribution is -2.26. The van der Waals surface area contributed by atoms with Crippen molar-refractivity contribution in [2.24, 2.45) is 11.8 Å². The predicted molar refractivity (Wildman–Crippen MR) is 63.1 cm³/mol. The van der Waals surface area contributed by atoms with Gasteiger partial charge in [0.2, 0.25) is 9.05 Å². The second-order valence-electron chi connectivity index (χ2n) is 4.53. The van der Waals surface area contributed by atoms with Gasteiger partial charge in [-0.05, 0) is 18.3 Å². The molecule has 2 atom stereocenters. The second kappa shape index (κ2) is 6.19. The predicted octanol–water partition coefficient (Wildman–Crippen LogP) is 1.63. The van der Waals surface area contributed by atoms with E-state index in [4.69, 9.17) is 20.2 Å². The highest BCUT2D eigenvalue weighted by Crippen LogP contribution is 2.18. The Bertz CT molecular complexity index is 296. The molecule has 0 aromatic carbocycles. The topological polar surface area (TPSA) is 52.6 Å². The molecule has 16 heavy (non-hydrogen) atoms.